The van der Waals surface area contributed by atoms with Crippen molar-refractivity contribution in [1.29, 1.82) is 5.26 Å². The van der Waals surface area contributed by atoms with Crippen molar-refractivity contribution in [2.75, 3.05) is 0 Å². The highest BCUT2D eigenvalue weighted by atomic mass is 16.3. The molecular formula is C13H11N3O3. The SMILES string of the molecule is Cn1c(=O)cc(O)n(Cc2ccccc2C#N)c1=O. The first-order valence-corrected chi connectivity index (χ1v) is 5.52. The molecule has 0 aliphatic rings. The van der Waals surface area contributed by atoms with Crippen LogP contribution in [0.4, 0.5) is 0 Å². The third kappa shape index (κ3) is 2.26. The zero-order chi connectivity index (χ0) is 14.0. The number of nitriles is 1. The van der Waals surface area contributed by atoms with Crippen LogP contribution < -0.4 is 11.2 Å². The van der Waals surface area contributed by atoms with Gasteiger partial charge in [0.2, 0.25) is 5.88 Å². The summed E-state index contributed by atoms with van der Waals surface area (Å²) in [6.45, 7) is 0.0303. The van der Waals surface area contributed by atoms with Gasteiger partial charge in [0.15, 0.2) is 0 Å². The Balaban J connectivity index is 2.57. The van der Waals surface area contributed by atoms with Gasteiger partial charge in [0.25, 0.3) is 5.56 Å². The van der Waals surface area contributed by atoms with Gasteiger partial charge in [-0.25, -0.2) is 4.79 Å². The van der Waals surface area contributed by atoms with Crippen LogP contribution in [0.5, 0.6) is 5.88 Å². The number of hydrogen-bond acceptors (Lipinski definition) is 4. The van der Waals surface area contributed by atoms with Crippen molar-refractivity contribution < 1.29 is 5.11 Å². The first-order chi connectivity index (χ1) is 9.04. The molecule has 1 aromatic heterocycles. The number of rotatable bonds is 2. The maximum Gasteiger partial charge on any atom is 0.333 e. The van der Waals surface area contributed by atoms with Gasteiger partial charge in [0.1, 0.15) is 0 Å². The van der Waals surface area contributed by atoms with Crippen LogP contribution in [0.25, 0.3) is 0 Å². The normalized spacial score (nSPS) is 10.1. The summed E-state index contributed by atoms with van der Waals surface area (Å²) in [6, 6.07) is 9.75. The standard InChI is InChI=1S/C13H11N3O3/c1-15-11(17)6-12(18)16(13(15)19)8-10-5-3-2-4-9(10)7-14/h2-6,18H,8H2,1H3. The fourth-order valence-electron chi connectivity index (χ4n) is 1.74. The average Bonchev–Trinajstić information content (AvgIpc) is 2.41. The van der Waals surface area contributed by atoms with Crippen molar-refractivity contribution >= 4 is 0 Å². The summed E-state index contributed by atoms with van der Waals surface area (Å²) in [4.78, 5) is 23.2. The highest BCUT2D eigenvalue weighted by Crippen LogP contribution is 2.11. The van der Waals surface area contributed by atoms with Crippen molar-refractivity contribution in [1.82, 2.24) is 9.13 Å². The third-order valence-electron chi connectivity index (χ3n) is 2.84. The minimum atomic E-state index is -0.627. The van der Waals surface area contributed by atoms with E-state index in [4.69, 9.17) is 5.26 Å². The predicted octanol–water partition coefficient (Wildman–Crippen LogP) is 0.173. The lowest BCUT2D eigenvalue weighted by molar-refractivity contribution is 0.402. The Morgan fingerprint density at radius 2 is 2.00 bits per heavy atom. The molecule has 0 aliphatic heterocycles. The molecule has 1 aromatic carbocycles. The summed E-state index contributed by atoms with van der Waals surface area (Å²) in [5, 5.41) is 18.7. The molecule has 19 heavy (non-hydrogen) atoms. The van der Waals surface area contributed by atoms with Gasteiger partial charge in [-0.1, -0.05) is 18.2 Å². The predicted molar refractivity (Wildman–Crippen MR) is 67.9 cm³/mol. The molecule has 1 N–H and O–H groups in total. The molecule has 2 aromatic rings. The molecule has 96 valence electrons. The summed E-state index contributed by atoms with van der Waals surface area (Å²) in [7, 11) is 1.33. The molecule has 0 saturated heterocycles. The van der Waals surface area contributed by atoms with Gasteiger partial charge in [-0.05, 0) is 11.6 Å². The lowest BCUT2D eigenvalue weighted by Crippen LogP contribution is -2.37. The Morgan fingerprint density at radius 1 is 1.32 bits per heavy atom. The van der Waals surface area contributed by atoms with Crippen LogP contribution >= 0.6 is 0 Å². The van der Waals surface area contributed by atoms with E-state index >= 15 is 0 Å². The van der Waals surface area contributed by atoms with Gasteiger partial charge < -0.3 is 5.11 Å². The molecular weight excluding hydrogens is 246 g/mol. The largest absolute Gasteiger partial charge is 0.494 e. The van der Waals surface area contributed by atoms with E-state index in [1.807, 2.05) is 6.07 Å². The van der Waals surface area contributed by atoms with E-state index in [0.717, 1.165) is 15.2 Å². The molecule has 1 heterocycles. The van der Waals surface area contributed by atoms with Crippen LogP contribution in [0.15, 0.2) is 39.9 Å². The maximum atomic E-state index is 11.9. The molecule has 0 radical (unpaired) electrons. The molecule has 6 heteroatoms. The number of benzene rings is 1. The molecule has 0 unspecified atom stereocenters. The van der Waals surface area contributed by atoms with Crippen molar-refractivity contribution in [3.63, 3.8) is 0 Å². The Hall–Kier alpha value is -2.81. The van der Waals surface area contributed by atoms with Gasteiger partial charge in [0, 0.05) is 7.05 Å². The molecule has 0 bridgehead atoms. The summed E-state index contributed by atoms with van der Waals surface area (Å²) in [5.41, 5.74) is -0.186. The number of hydrogen-bond donors (Lipinski definition) is 1. The van der Waals surface area contributed by atoms with Crippen LogP contribution in [-0.2, 0) is 13.6 Å². The highest BCUT2D eigenvalue weighted by Gasteiger charge is 2.10. The van der Waals surface area contributed by atoms with Gasteiger partial charge in [-0.15, -0.1) is 0 Å². The van der Waals surface area contributed by atoms with E-state index in [-0.39, 0.29) is 6.54 Å². The summed E-state index contributed by atoms with van der Waals surface area (Å²) in [6.07, 6.45) is 0. The number of aromatic hydroxyl groups is 1. The Labute approximate surface area is 108 Å². The van der Waals surface area contributed by atoms with E-state index in [0.29, 0.717) is 11.1 Å². The maximum absolute atomic E-state index is 11.9. The molecule has 0 amide bonds. The van der Waals surface area contributed by atoms with Crippen LogP contribution in [0.2, 0.25) is 0 Å². The molecule has 6 nitrogen and oxygen atoms in total. The zero-order valence-electron chi connectivity index (χ0n) is 10.2. The second-order valence-corrected chi connectivity index (χ2v) is 4.04. The monoisotopic (exact) mass is 257 g/mol. The second kappa shape index (κ2) is 4.82. The molecule has 0 fully saturated rings. The molecule has 2 rings (SSSR count). The van der Waals surface area contributed by atoms with Crippen LogP contribution in [0.1, 0.15) is 11.1 Å². The first kappa shape index (κ1) is 12.6. The quantitative estimate of drug-likeness (QED) is 0.830. The van der Waals surface area contributed by atoms with Gasteiger partial charge in [-0.3, -0.25) is 13.9 Å². The van der Waals surface area contributed by atoms with E-state index in [9.17, 15) is 14.7 Å². The topological polar surface area (TPSA) is 88.0 Å². The van der Waals surface area contributed by atoms with Gasteiger partial charge in [-0.2, -0.15) is 5.26 Å². The minimum absolute atomic E-state index is 0.0303. The van der Waals surface area contributed by atoms with Crippen molar-refractivity contribution in [3.05, 3.63) is 62.3 Å². The van der Waals surface area contributed by atoms with Crippen LogP contribution in [0.3, 0.4) is 0 Å². The van der Waals surface area contributed by atoms with Crippen molar-refractivity contribution in [2.45, 2.75) is 6.54 Å². The van der Waals surface area contributed by atoms with Crippen molar-refractivity contribution in [3.8, 4) is 11.9 Å². The molecule has 0 atom stereocenters. The minimum Gasteiger partial charge on any atom is -0.494 e. The average molecular weight is 257 g/mol. The lowest BCUT2D eigenvalue weighted by atomic mass is 10.1. The van der Waals surface area contributed by atoms with Gasteiger partial charge in [0.05, 0.1) is 24.2 Å². The molecule has 0 aliphatic carbocycles. The van der Waals surface area contributed by atoms with Crippen LogP contribution in [-0.4, -0.2) is 14.2 Å². The van der Waals surface area contributed by atoms with Gasteiger partial charge >= 0.3 is 5.69 Å². The van der Waals surface area contributed by atoms with E-state index < -0.39 is 17.1 Å². The summed E-state index contributed by atoms with van der Waals surface area (Å²) >= 11 is 0. The fourth-order valence-corrected chi connectivity index (χ4v) is 1.74. The Morgan fingerprint density at radius 3 is 2.68 bits per heavy atom. The van der Waals surface area contributed by atoms with E-state index in [2.05, 4.69) is 0 Å². The van der Waals surface area contributed by atoms with E-state index in [1.165, 1.54) is 7.05 Å². The lowest BCUT2D eigenvalue weighted by Gasteiger charge is -2.10. The summed E-state index contributed by atoms with van der Waals surface area (Å²) in [5.74, 6) is -0.416. The fraction of sp³-hybridized carbons (Fsp3) is 0.154. The summed E-state index contributed by atoms with van der Waals surface area (Å²) < 4.78 is 1.94. The first-order valence-electron chi connectivity index (χ1n) is 5.52. The van der Waals surface area contributed by atoms with Crippen LogP contribution in [0, 0.1) is 11.3 Å². The number of nitrogens with zero attached hydrogens (tertiary/aromatic N) is 3. The second-order valence-electron chi connectivity index (χ2n) is 4.04. The highest BCUT2D eigenvalue weighted by molar-refractivity contribution is 5.37. The molecule has 0 spiro atoms. The third-order valence-corrected chi connectivity index (χ3v) is 2.84. The van der Waals surface area contributed by atoms with E-state index in [1.54, 1.807) is 24.3 Å². The zero-order valence-corrected chi connectivity index (χ0v) is 10.2. The molecule has 0 saturated carbocycles. The Bertz CT molecular complexity index is 781. The Kier molecular flexibility index (Phi) is 3.21. The smallest absolute Gasteiger partial charge is 0.333 e. The number of aromatic nitrogens is 2. The van der Waals surface area contributed by atoms with Crippen molar-refractivity contribution in [2.24, 2.45) is 7.05 Å².